The van der Waals surface area contributed by atoms with Crippen LogP contribution in [0, 0.1) is 6.92 Å². The van der Waals surface area contributed by atoms with Crippen LogP contribution in [0.3, 0.4) is 0 Å². The van der Waals surface area contributed by atoms with Gasteiger partial charge in [0.15, 0.2) is 17.3 Å². The van der Waals surface area contributed by atoms with Crippen molar-refractivity contribution in [2.75, 3.05) is 18.5 Å². The summed E-state index contributed by atoms with van der Waals surface area (Å²) < 4.78 is 16.2. The summed E-state index contributed by atoms with van der Waals surface area (Å²) in [5.41, 5.74) is 1.86. The number of nitrogens with one attached hydrogen (secondary N) is 1. The Morgan fingerprint density at radius 3 is 2.76 bits per heavy atom. The number of hydrogen-bond donors (Lipinski definition) is 1. The molecule has 2 aromatic carbocycles. The zero-order chi connectivity index (χ0) is 20.2. The predicted molar refractivity (Wildman–Crippen MR) is 113 cm³/mol. The maximum absolute atomic E-state index is 13.0. The van der Waals surface area contributed by atoms with E-state index in [9.17, 15) is 4.79 Å². The third-order valence-electron chi connectivity index (χ3n) is 4.29. The van der Waals surface area contributed by atoms with Gasteiger partial charge in [0.05, 0.1) is 5.02 Å². The van der Waals surface area contributed by atoms with Crippen molar-refractivity contribution in [2.24, 2.45) is 0 Å². The van der Waals surface area contributed by atoms with Gasteiger partial charge < -0.3 is 19.3 Å². The molecule has 1 atom stereocenters. The van der Waals surface area contributed by atoms with Crippen LogP contribution in [-0.4, -0.2) is 24.3 Å². The minimum Gasteiger partial charge on any atom is -0.486 e. The summed E-state index contributed by atoms with van der Waals surface area (Å²) >= 11 is 7.84. The Morgan fingerprint density at radius 2 is 2.00 bits per heavy atom. The van der Waals surface area contributed by atoms with Crippen molar-refractivity contribution in [1.29, 1.82) is 0 Å². The van der Waals surface area contributed by atoms with Crippen molar-refractivity contribution in [3.8, 4) is 11.5 Å². The van der Waals surface area contributed by atoms with Crippen LogP contribution in [0.25, 0.3) is 0 Å². The SMILES string of the molecule is Cc1cc(NC(=O)C(SCc2cc(Cl)c3c(c2)OCCO3)c2ccccc2)no1. The number of amides is 1. The minimum atomic E-state index is -0.430. The Bertz CT molecular complexity index is 1010. The van der Waals surface area contributed by atoms with E-state index in [1.54, 1.807) is 13.0 Å². The van der Waals surface area contributed by atoms with Gasteiger partial charge in [-0.25, -0.2) is 0 Å². The van der Waals surface area contributed by atoms with E-state index in [4.69, 9.17) is 25.6 Å². The van der Waals surface area contributed by atoms with Crippen LogP contribution in [0.15, 0.2) is 53.1 Å². The summed E-state index contributed by atoms with van der Waals surface area (Å²) in [6.45, 7) is 2.75. The highest BCUT2D eigenvalue weighted by Crippen LogP contribution is 2.40. The highest BCUT2D eigenvalue weighted by Gasteiger charge is 2.23. The van der Waals surface area contributed by atoms with Gasteiger partial charge in [-0.15, -0.1) is 11.8 Å². The number of aryl methyl sites for hydroxylation is 1. The molecular weight excluding hydrogens is 412 g/mol. The van der Waals surface area contributed by atoms with Crippen molar-refractivity contribution in [2.45, 2.75) is 17.9 Å². The Balaban J connectivity index is 1.53. The minimum absolute atomic E-state index is 0.168. The maximum atomic E-state index is 13.0. The Morgan fingerprint density at radius 1 is 1.21 bits per heavy atom. The summed E-state index contributed by atoms with van der Waals surface area (Å²) in [4.78, 5) is 13.0. The molecular formula is C21H19ClN2O4S. The number of benzene rings is 2. The lowest BCUT2D eigenvalue weighted by Gasteiger charge is -2.21. The van der Waals surface area contributed by atoms with Gasteiger partial charge in [0.25, 0.3) is 0 Å². The molecule has 0 saturated carbocycles. The smallest absolute Gasteiger partial charge is 0.243 e. The van der Waals surface area contributed by atoms with Crippen molar-refractivity contribution < 1.29 is 18.8 Å². The van der Waals surface area contributed by atoms with E-state index < -0.39 is 5.25 Å². The molecule has 1 aromatic heterocycles. The van der Waals surface area contributed by atoms with Crippen LogP contribution in [-0.2, 0) is 10.5 Å². The summed E-state index contributed by atoms with van der Waals surface area (Å²) in [6, 6.07) is 15.1. The molecule has 2 heterocycles. The molecule has 0 spiro atoms. The van der Waals surface area contributed by atoms with Gasteiger partial charge in [0.1, 0.15) is 24.2 Å². The molecule has 1 amide bonds. The van der Waals surface area contributed by atoms with Crippen LogP contribution in [0.2, 0.25) is 5.02 Å². The normalized spacial score (nSPS) is 13.7. The van der Waals surface area contributed by atoms with Crippen molar-refractivity contribution >= 4 is 35.1 Å². The summed E-state index contributed by atoms with van der Waals surface area (Å²) in [5, 5.41) is 6.75. The number of halogens is 1. The van der Waals surface area contributed by atoms with E-state index in [1.807, 2.05) is 42.5 Å². The molecule has 8 heteroatoms. The van der Waals surface area contributed by atoms with Gasteiger partial charge in [0.2, 0.25) is 5.91 Å². The topological polar surface area (TPSA) is 73.6 Å². The average Bonchev–Trinajstić information content (AvgIpc) is 3.13. The van der Waals surface area contributed by atoms with Crippen LogP contribution >= 0.6 is 23.4 Å². The fourth-order valence-corrected chi connectivity index (χ4v) is 4.37. The van der Waals surface area contributed by atoms with Crippen LogP contribution in [0.1, 0.15) is 22.1 Å². The molecule has 0 saturated heterocycles. The number of anilines is 1. The summed E-state index contributed by atoms with van der Waals surface area (Å²) in [5.74, 6) is 2.65. The molecule has 1 aliphatic rings. The van der Waals surface area contributed by atoms with Crippen molar-refractivity contribution in [3.63, 3.8) is 0 Å². The average molecular weight is 431 g/mol. The number of thioether (sulfide) groups is 1. The predicted octanol–water partition coefficient (Wildman–Crippen LogP) is 5.02. The molecule has 0 fully saturated rings. The summed E-state index contributed by atoms with van der Waals surface area (Å²) in [7, 11) is 0. The standard InChI is InChI=1S/C21H19ClN2O4S/c1-13-9-18(24-28-13)23-21(25)20(15-5-3-2-4-6-15)29-12-14-10-16(22)19-17(11-14)26-7-8-27-19/h2-6,9-11,20H,7-8,12H2,1H3,(H,23,24,25). The van der Waals surface area contributed by atoms with E-state index >= 15 is 0 Å². The third-order valence-corrected chi connectivity index (χ3v) is 5.89. The maximum Gasteiger partial charge on any atom is 0.243 e. The molecule has 0 bridgehead atoms. The van der Waals surface area contributed by atoms with Crippen molar-refractivity contribution in [3.05, 3.63) is 70.4 Å². The zero-order valence-electron chi connectivity index (χ0n) is 15.7. The van der Waals surface area contributed by atoms with Gasteiger partial charge in [-0.3, -0.25) is 4.79 Å². The molecule has 1 unspecified atom stereocenters. The lowest BCUT2D eigenvalue weighted by molar-refractivity contribution is -0.115. The van der Waals surface area contributed by atoms with E-state index in [2.05, 4.69) is 10.5 Å². The number of carbonyl (C=O) groups is 1. The second-order valence-electron chi connectivity index (χ2n) is 6.52. The molecule has 6 nitrogen and oxygen atoms in total. The fraction of sp³-hybridized carbons (Fsp3) is 0.238. The largest absolute Gasteiger partial charge is 0.486 e. The fourth-order valence-electron chi connectivity index (χ4n) is 3.00. The molecule has 0 aliphatic carbocycles. The van der Waals surface area contributed by atoms with Gasteiger partial charge in [-0.2, -0.15) is 0 Å². The lowest BCUT2D eigenvalue weighted by atomic mass is 10.1. The zero-order valence-corrected chi connectivity index (χ0v) is 17.3. The highest BCUT2D eigenvalue weighted by molar-refractivity contribution is 7.99. The van der Waals surface area contributed by atoms with Crippen molar-refractivity contribution in [1.82, 2.24) is 5.16 Å². The monoisotopic (exact) mass is 430 g/mol. The van der Waals surface area contributed by atoms with Crippen LogP contribution in [0.4, 0.5) is 5.82 Å². The van der Waals surface area contributed by atoms with E-state index in [1.165, 1.54) is 11.8 Å². The quantitative estimate of drug-likeness (QED) is 0.591. The number of nitrogens with zero attached hydrogens (tertiary/aromatic N) is 1. The number of carbonyl (C=O) groups excluding carboxylic acids is 1. The number of hydrogen-bond acceptors (Lipinski definition) is 6. The molecule has 0 radical (unpaired) electrons. The van der Waals surface area contributed by atoms with Gasteiger partial charge >= 0.3 is 0 Å². The molecule has 4 rings (SSSR count). The second-order valence-corrected chi connectivity index (χ2v) is 8.02. The van der Waals surface area contributed by atoms with Gasteiger partial charge in [-0.05, 0) is 30.2 Å². The molecule has 29 heavy (non-hydrogen) atoms. The number of rotatable bonds is 6. The number of ether oxygens (including phenoxy) is 2. The van der Waals surface area contributed by atoms with Crippen LogP contribution in [0.5, 0.6) is 11.5 Å². The first-order valence-corrected chi connectivity index (χ1v) is 10.5. The first-order valence-electron chi connectivity index (χ1n) is 9.09. The Hall–Kier alpha value is -2.64. The lowest BCUT2D eigenvalue weighted by Crippen LogP contribution is -2.19. The van der Waals surface area contributed by atoms with Gasteiger partial charge in [-0.1, -0.05) is 47.1 Å². The number of fused-ring (bicyclic) bond motifs is 1. The molecule has 1 N–H and O–H groups in total. The van der Waals surface area contributed by atoms with E-state index in [0.717, 1.165) is 11.1 Å². The summed E-state index contributed by atoms with van der Waals surface area (Å²) in [6.07, 6.45) is 0. The Labute approximate surface area is 177 Å². The third kappa shape index (κ3) is 4.68. The van der Waals surface area contributed by atoms with Gasteiger partial charge in [0, 0.05) is 11.8 Å². The van der Waals surface area contributed by atoms with Crippen LogP contribution < -0.4 is 14.8 Å². The molecule has 3 aromatic rings. The first kappa shape index (κ1) is 19.7. The Kier molecular flexibility index (Phi) is 5.97. The van der Waals surface area contributed by atoms with E-state index in [0.29, 0.717) is 47.1 Å². The first-order chi connectivity index (χ1) is 14.1. The number of aromatic nitrogens is 1. The highest BCUT2D eigenvalue weighted by atomic mass is 35.5. The van der Waals surface area contributed by atoms with E-state index in [-0.39, 0.29) is 5.91 Å². The molecule has 1 aliphatic heterocycles. The second kappa shape index (κ2) is 8.80. The molecule has 150 valence electrons.